The molecule has 0 saturated carbocycles. The number of carbonyl (C=O) groups is 1. The van der Waals surface area contributed by atoms with Gasteiger partial charge in [0.05, 0.1) is 5.56 Å². The van der Waals surface area contributed by atoms with Crippen molar-refractivity contribution >= 4 is 17.7 Å². The Labute approximate surface area is 154 Å². The number of para-hydroxylation sites is 1. The lowest BCUT2D eigenvalue weighted by Crippen LogP contribution is -2.14. The summed E-state index contributed by atoms with van der Waals surface area (Å²) in [6.07, 6.45) is 1.26. The second-order valence-corrected chi connectivity index (χ2v) is 5.77. The molecule has 0 aliphatic heterocycles. The molecule has 0 unspecified atom stereocenters. The smallest absolute Gasteiger partial charge is 0.266 e. The number of carbonyl (C=O) groups excluding carboxylic acids is 1. The maximum absolute atomic E-state index is 13.9. The summed E-state index contributed by atoms with van der Waals surface area (Å²) in [6.45, 7) is 1.83. The lowest BCUT2D eigenvalue weighted by Gasteiger charge is -2.06. The van der Waals surface area contributed by atoms with Gasteiger partial charge in [0, 0.05) is 17.8 Å². The summed E-state index contributed by atoms with van der Waals surface area (Å²) in [4.78, 5) is 12.3. The Morgan fingerprint density at radius 1 is 1.15 bits per heavy atom. The Kier molecular flexibility index (Phi) is 5.13. The van der Waals surface area contributed by atoms with Crippen LogP contribution in [0.5, 0.6) is 0 Å². The van der Waals surface area contributed by atoms with Gasteiger partial charge in [-0.15, -0.1) is 0 Å². The van der Waals surface area contributed by atoms with Gasteiger partial charge < -0.3 is 9.73 Å². The molecule has 6 heteroatoms. The molecule has 0 atom stereocenters. The average molecular weight is 364 g/mol. The maximum Gasteiger partial charge on any atom is 0.266 e. The van der Waals surface area contributed by atoms with E-state index >= 15 is 0 Å². The summed E-state index contributed by atoms with van der Waals surface area (Å²) >= 11 is 0. The second kappa shape index (κ2) is 7.67. The Hall–Kier alpha value is -3.72. The van der Waals surface area contributed by atoms with Crippen LogP contribution < -0.4 is 5.32 Å². The number of halogens is 2. The third kappa shape index (κ3) is 4.10. The summed E-state index contributed by atoms with van der Waals surface area (Å²) in [5.41, 5.74) is 1.37. The Balaban J connectivity index is 1.84. The predicted octanol–water partition coefficient (Wildman–Crippen LogP) is 5.08. The number of hydrogen-bond donors (Lipinski definition) is 1. The van der Waals surface area contributed by atoms with Gasteiger partial charge in [-0.1, -0.05) is 18.2 Å². The molecule has 0 spiro atoms. The highest BCUT2D eigenvalue weighted by atomic mass is 19.1. The zero-order valence-corrected chi connectivity index (χ0v) is 14.3. The van der Waals surface area contributed by atoms with Crippen molar-refractivity contribution in [3.8, 4) is 17.4 Å². The van der Waals surface area contributed by atoms with E-state index in [2.05, 4.69) is 5.32 Å². The summed E-state index contributed by atoms with van der Waals surface area (Å²) < 4.78 is 32.3. The largest absolute Gasteiger partial charge is 0.457 e. The van der Waals surface area contributed by atoms with Gasteiger partial charge in [0.25, 0.3) is 5.91 Å². The molecule has 134 valence electrons. The third-order valence-electron chi connectivity index (χ3n) is 3.87. The van der Waals surface area contributed by atoms with Gasteiger partial charge in [0.15, 0.2) is 0 Å². The normalized spacial score (nSPS) is 11.1. The lowest BCUT2D eigenvalue weighted by molar-refractivity contribution is -0.112. The molecular formula is C21H14F2N2O2. The van der Waals surface area contributed by atoms with Crippen molar-refractivity contribution in [1.82, 2.24) is 0 Å². The molecule has 0 aliphatic rings. The zero-order chi connectivity index (χ0) is 19.4. The highest BCUT2D eigenvalue weighted by molar-refractivity contribution is 6.09. The Morgan fingerprint density at radius 3 is 2.63 bits per heavy atom. The molecule has 0 fully saturated rings. The van der Waals surface area contributed by atoms with Gasteiger partial charge in [-0.05, 0) is 42.8 Å². The number of rotatable bonds is 4. The number of hydrogen-bond acceptors (Lipinski definition) is 3. The minimum Gasteiger partial charge on any atom is -0.457 e. The first kappa shape index (κ1) is 18.1. The van der Waals surface area contributed by atoms with Crippen molar-refractivity contribution < 1.29 is 18.0 Å². The van der Waals surface area contributed by atoms with E-state index in [0.717, 1.165) is 17.7 Å². The molecule has 3 rings (SSSR count). The van der Waals surface area contributed by atoms with Crippen molar-refractivity contribution in [3.05, 3.63) is 83.1 Å². The first-order valence-electron chi connectivity index (χ1n) is 8.02. The fraction of sp³-hybridized carbons (Fsp3) is 0.0476. The number of anilines is 1. The van der Waals surface area contributed by atoms with E-state index in [0.29, 0.717) is 5.69 Å². The molecule has 0 aliphatic carbocycles. The fourth-order valence-corrected chi connectivity index (χ4v) is 2.46. The van der Waals surface area contributed by atoms with Crippen LogP contribution in [0.25, 0.3) is 17.4 Å². The molecule has 2 aromatic carbocycles. The predicted molar refractivity (Wildman–Crippen MR) is 97.5 cm³/mol. The fourth-order valence-electron chi connectivity index (χ4n) is 2.46. The average Bonchev–Trinajstić information content (AvgIpc) is 3.09. The minimum atomic E-state index is -0.766. The number of benzene rings is 2. The standard InChI is InChI=1S/C21H14F2N2O2/c1-13-4-2-3-5-19(13)25-21(26)14(12-24)10-16-7-9-20(27-16)17-8-6-15(22)11-18(17)23/h2-11H,1H3,(H,25,26)/b14-10+. The third-order valence-corrected chi connectivity index (χ3v) is 3.87. The first-order valence-corrected chi connectivity index (χ1v) is 8.02. The van der Waals surface area contributed by atoms with Crippen molar-refractivity contribution in [2.75, 3.05) is 5.32 Å². The number of nitriles is 1. The van der Waals surface area contributed by atoms with Crippen molar-refractivity contribution in [1.29, 1.82) is 5.26 Å². The van der Waals surface area contributed by atoms with Gasteiger partial charge in [-0.3, -0.25) is 4.79 Å². The van der Waals surface area contributed by atoms with Gasteiger partial charge in [0.1, 0.15) is 34.8 Å². The highest BCUT2D eigenvalue weighted by Crippen LogP contribution is 2.26. The molecule has 0 bridgehead atoms. The van der Waals surface area contributed by atoms with Crippen LogP contribution >= 0.6 is 0 Å². The second-order valence-electron chi connectivity index (χ2n) is 5.77. The Bertz CT molecular complexity index is 1080. The van der Waals surface area contributed by atoms with Crippen molar-refractivity contribution in [2.24, 2.45) is 0 Å². The van der Waals surface area contributed by atoms with Crippen LogP contribution in [-0.4, -0.2) is 5.91 Å². The van der Waals surface area contributed by atoms with Gasteiger partial charge in [-0.2, -0.15) is 5.26 Å². The van der Waals surface area contributed by atoms with E-state index < -0.39 is 17.5 Å². The van der Waals surface area contributed by atoms with Crippen LogP contribution in [0.1, 0.15) is 11.3 Å². The maximum atomic E-state index is 13.9. The van der Waals surface area contributed by atoms with E-state index in [1.807, 2.05) is 25.1 Å². The van der Waals surface area contributed by atoms with E-state index in [9.17, 15) is 18.8 Å². The topological polar surface area (TPSA) is 66.0 Å². The zero-order valence-electron chi connectivity index (χ0n) is 14.3. The SMILES string of the molecule is Cc1ccccc1NC(=O)/C(C#N)=C/c1ccc(-c2ccc(F)cc2F)o1. The Morgan fingerprint density at radius 2 is 1.93 bits per heavy atom. The molecule has 3 aromatic rings. The number of furan rings is 1. The molecule has 4 nitrogen and oxygen atoms in total. The molecule has 0 radical (unpaired) electrons. The summed E-state index contributed by atoms with van der Waals surface area (Å²) in [6, 6.07) is 15.1. The first-order chi connectivity index (χ1) is 13.0. The minimum absolute atomic E-state index is 0.0823. The molecule has 1 N–H and O–H groups in total. The van der Waals surface area contributed by atoms with E-state index in [1.54, 1.807) is 12.1 Å². The molecule has 0 saturated heterocycles. The number of amides is 1. The van der Waals surface area contributed by atoms with Crippen LogP contribution in [-0.2, 0) is 4.79 Å². The van der Waals surface area contributed by atoms with E-state index in [1.165, 1.54) is 24.3 Å². The van der Waals surface area contributed by atoms with E-state index in [-0.39, 0.29) is 22.7 Å². The van der Waals surface area contributed by atoms with Crippen molar-refractivity contribution in [2.45, 2.75) is 6.92 Å². The highest BCUT2D eigenvalue weighted by Gasteiger charge is 2.14. The number of nitrogens with one attached hydrogen (secondary N) is 1. The van der Waals surface area contributed by atoms with Crippen LogP contribution in [0.2, 0.25) is 0 Å². The summed E-state index contributed by atoms with van der Waals surface area (Å²) in [5.74, 6) is -1.68. The van der Waals surface area contributed by atoms with Gasteiger partial charge in [-0.25, -0.2) is 8.78 Å². The van der Waals surface area contributed by atoms with Gasteiger partial charge >= 0.3 is 0 Å². The molecule has 1 heterocycles. The van der Waals surface area contributed by atoms with Crippen LogP contribution in [0.3, 0.4) is 0 Å². The molecular weight excluding hydrogens is 350 g/mol. The summed E-state index contributed by atoms with van der Waals surface area (Å²) in [7, 11) is 0. The molecule has 1 aromatic heterocycles. The summed E-state index contributed by atoms with van der Waals surface area (Å²) in [5, 5.41) is 11.9. The number of nitrogens with zero attached hydrogens (tertiary/aromatic N) is 1. The lowest BCUT2D eigenvalue weighted by atomic mass is 10.1. The molecule has 27 heavy (non-hydrogen) atoms. The quantitative estimate of drug-likeness (QED) is 0.519. The molecule has 1 amide bonds. The van der Waals surface area contributed by atoms with Crippen LogP contribution in [0, 0.1) is 29.9 Å². The van der Waals surface area contributed by atoms with Crippen molar-refractivity contribution in [3.63, 3.8) is 0 Å². The number of aryl methyl sites for hydroxylation is 1. The van der Waals surface area contributed by atoms with Gasteiger partial charge in [0.2, 0.25) is 0 Å². The monoisotopic (exact) mass is 364 g/mol. The van der Waals surface area contributed by atoms with Crippen LogP contribution in [0.4, 0.5) is 14.5 Å². The van der Waals surface area contributed by atoms with E-state index in [4.69, 9.17) is 4.42 Å². The van der Waals surface area contributed by atoms with Crippen LogP contribution in [0.15, 0.2) is 64.6 Å².